The number of rotatable bonds is 6. The Morgan fingerprint density at radius 3 is 2.61 bits per heavy atom. The molecule has 0 aromatic heterocycles. The van der Waals surface area contributed by atoms with Crippen molar-refractivity contribution in [3.63, 3.8) is 0 Å². The van der Waals surface area contributed by atoms with Gasteiger partial charge in [0.2, 0.25) is 5.91 Å². The van der Waals surface area contributed by atoms with Gasteiger partial charge in [-0.25, -0.2) is 0 Å². The highest BCUT2D eigenvalue weighted by Gasteiger charge is 2.20. The van der Waals surface area contributed by atoms with Crippen molar-refractivity contribution in [1.82, 2.24) is 10.2 Å². The quantitative estimate of drug-likeness (QED) is 0.754. The highest BCUT2D eigenvalue weighted by molar-refractivity contribution is 5.98. The molecule has 6 nitrogen and oxygen atoms in total. The minimum Gasteiger partial charge on any atom is -0.495 e. The molecule has 1 unspecified atom stereocenters. The first-order valence-corrected chi connectivity index (χ1v) is 10.2. The van der Waals surface area contributed by atoms with Gasteiger partial charge >= 0.3 is 0 Å². The topological polar surface area (TPSA) is 70.7 Å². The smallest absolute Gasteiger partial charge is 0.253 e. The Labute approximate surface area is 173 Å². The van der Waals surface area contributed by atoms with Gasteiger partial charge in [-0.3, -0.25) is 9.59 Å². The van der Waals surface area contributed by atoms with Crippen molar-refractivity contribution in [1.29, 1.82) is 0 Å². The van der Waals surface area contributed by atoms with Gasteiger partial charge in [-0.15, -0.1) is 12.4 Å². The van der Waals surface area contributed by atoms with Crippen molar-refractivity contribution in [3.8, 4) is 5.75 Å². The summed E-state index contributed by atoms with van der Waals surface area (Å²) in [5, 5.41) is 6.27. The molecule has 2 N–H and O–H groups in total. The maximum Gasteiger partial charge on any atom is 0.253 e. The third kappa shape index (κ3) is 6.11. The van der Waals surface area contributed by atoms with E-state index in [1.165, 1.54) is 12.8 Å². The number of carbonyl (C=O) groups is 2. The van der Waals surface area contributed by atoms with Crippen molar-refractivity contribution >= 4 is 29.9 Å². The van der Waals surface area contributed by atoms with Crippen LogP contribution >= 0.6 is 12.4 Å². The summed E-state index contributed by atoms with van der Waals surface area (Å²) < 4.78 is 5.37. The number of likely N-dealkylation sites (tertiary alicyclic amines) is 1. The fourth-order valence-electron chi connectivity index (χ4n) is 3.90. The molecule has 7 heteroatoms. The largest absolute Gasteiger partial charge is 0.495 e. The lowest BCUT2D eigenvalue weighted by Gasteiger charge is -2.21. The normalized spacial score (nSPS) is 19.5. The maximum absolute atomic E-state index is 12.9. The average molecular weight is 410 g/mol. The van der Waals surface area contributed by atoms with Crippen LogP contribution in [-0.2, 0) is 4.79 Å². The Hall–Kier alpha value is -1.79. The molecule has 3 rings (SSSR count). The number of nitrogens with one attached hydrogen (secondary N) is 2. The van der Waals surface area contributed by atoms with Gasteiger partial charge in [0, 0.05) is 25.1 Å². The molecule has 0 spiro atoms. The van der Waals surface area contributed by atoms with Crippen LogP contribution in [0.25, 0.3) is 0 Å². The molecule has 2 fully saturated rings. The summed E-state index contributed by atoms with van der Waals surface area (Å²) in [7, 11) is 1.57. The van der Waals surface area contributed by atoms with Crippen LogP contribution in [-0.4, -0.2) is 50.0 Å². The molecular formula is C21H32ClN3O3. The molecule has 1 aromatic carbocycles. The number of carbonyl (C=O) groups excluding carboxylic acids is 2. The summed E-state index contributed by atoms with van der Waals surface area (Å²) in [6, 6.07) is 5.30. The molecule has 2 aliphatic rings. The van der Waals surface area contributed by atoms with E-state index >= 15 is 0 Å². The molecule has 2 amide bonds. The number of methoxy groups -OCH3 is 1. The molecule has 2 aliphatic heterocycles. The van der Waals surface area contributed by atoms with E-state index in [4.69, 9.17) is 4.74 Å². The lowest BCUT2D eigenvalue weighted by Crippen LogP contribution is -2.31. The van der Waals surface area contributed by atoms with Crippen LogP contribution < -0.4 is 15.4 Å². The number of halogens is 1. The van der Waals surface area contributed by atoms with Gasteiger partial charge in [0.1, 0.15) is 5.75 Å². The number of hydrogen-bond acceptors (Lipinski definition) is 4. The van der Waals surface area contributed by atoms with E-state index in [2.05, 4.69) is 10.6 Å². The monoisotopic (exact) mass is 409 g/mol. The standard InChI is InChI=1S/C21H31N3O3.ClH/c1-27-19-8-7-17(21(26)24-12-4-2-3-5-13-24)14-18(19)23-20(25)9-6-16-10-11-22-15-16;/h7-8,14,16,22H,2-6,9-13,15H2,1H3,(H,23,25);1H. The second kappa shape index (κ2) is 11.3. The Kier molecular flexibility index (Phi) is 9.06. The number of nitrogens with zero attached hydrogens (tertiary/aromatic N) is 1. The number of benzene rings is 1. The van der Waals surface area contributed by atoms with Crippen molar-refractivity contribution < 1.29 is 14.3 Å². The minimum atomic E-state index is -0.0282. The Balaban J connectivity index is 0.00000280. The van der Waals surface area contributed by atoms with E-state index in [9.17, 15) is 9.59 Å². The van der Waals surface area contributed by atoms with Crippen LogP contribution in [0, 0.1) is 5.92 Å². The SMILES string of the molecule is COc1ccc(C(=O)N2CCCCCC2)cc1NC(=O)CCC1CCNC1.Cl. The van der Waals surface area contributed by atoms with Crippen LogP contribution in [0.4, 0.5) is 5.69 Å². The molecule has 2 saturated heterocycles. The van der Waals surface area contributed by atoms with Crippen LogP contribution in [0.1, 0.15) is 55.3 Å². The molecule has 1 atom stereocenters. The number of amides is 2. The summed E-state index contributed by atoms with van der Waals surface area (Å²) in [4.78, 5) is 27.2. The zero-order valence-corrected chi connectivity index (χ0v) is 17.5. The first-order valence-electron chi connectivity index (χ1n) is 10.2. The summed E-state index contributed by atoms with van der Waals surface area (Å²) in [6.07, 6.45) is 6.99. The highest BCUT2D eigenvalue weighted by Crippen LogP contribution is 2.27. The summed E-state index contributed by atoms with van der Waals surface area (Å²) in [5.74, 6) is 1.17. The van der Waals surface area contributed by atoms with Gasteiger partial charge < -0.3 is 20.3 Å². The number of anilines is 1. The lowest BCUT2D eigenvalue weighted by atomic mass is 10.0. The molecule has 0 saturated carbocycles. The zero-order valence-electron chi connectivity index (χ0n) is 16.7. The Bertz CT molecular complexity index is 654. The minimum absolute atomic E-state index is 0. The van der Waals surface area contributed by atoms with Crippen LogP contribution in [0.2, 0.25) is 0 Å². The van der Waals surface area contributed by atoms with E-state index in [0.29, 0.717) is 29.3 Å². The van der Waals surface area contributed by atoms with Crippen LogP contribution in [0.5, 0.6) is 5.75 Å². The fourth-order valence-corrected chi connectivity index (χ4v) is 3.90. The molecule has 156 valence electrons. The van der Waals surface area contributed by atoms with Gasteiger partial charge in [0.15, 0.2) is 0 Å². The molecule has 28 heavy (non-hydrogen) atoms. The molecule has 0 aliphatic carbocycles. The third-order valence-corrected chi connectivity index (χ3v) is 5.56. The second-order valence-corrected chi connectivity index (χ2v) is 7.57. The van der Waals surface area contributed by atoms with Crippen molar-refractivity contribution in [2.75, 3.05) is 38.6 Å². The van der Waals surface area contributed by atoms with Gasteiger partial charge in [-0.05, 0) is 62.9 Å². The van der Waals surface area contributed by atoms with Crippen molar-refractivity contribution in [3.05, 3.63) is 23.8 Å². The van der Waals surface area contributed by atoms with Crippen LogP contribution in [0.15, 0.2) is 18.2 Å². The fraction of sp³-hybridized carbons (Fsp3) is 0.619. The Morgan fingerprint density at radius 2 is 1.96 bits per heavy atom. The zero-order chi connectivity index (χ0) is 19.1. The van der Waals surface area contributed by atoms with E-state index in [1.807, 2.05) is 4.90 Å². The number of hydrogen-bond donors (Lipinski definition) is 2. The predicted molar refractivity (Wildman–Crippen MR) is 113 cm³/mol. The van der Waals surface area contributed by atoms with Crippen molar-refractivity contribution in [2.45, 2.75) is 44.9 Å². The van der Waals surface area contributed by atoms with E-state index in [1.54, 1.807) is 25.3 Å². The first kappa shape index (κ1) is 22.5. The van der Waals surface area contributed by atoms with Crippen LogP contribution in [0.3, 0.4) is 0 Å². The summed E-state index contributed by atoms with van der Waals surface area (Å²) in [5.41, 5.74) is 1.18. The maximum atomic E-state index is 12.9. The molecule has 0 bridgehead atoms. The van der Waals surface area contributed by atoms with Gasteiger partial charge in [0.05, 0.1) is 12.8 Å². The van der Waals surface area contributed by atoms with Crippen molar-refractivity contribution in [2.24, 2.45) is 5.92 Å². The highest BCUT2D eigenvalue weighted by atomic mass is 35.5. The lowest BCUT2D eigenvalue weighted by molar-refractivity contribution is -0.116. The molecular weight excluding hydrogens is 378 g/mol. The second-order valence-electron chi connectivity index (χ2n) is 7.57. The summed E-state index contributed by atoms with van der Waals surface area (Å²) in [6.45, 7) is 3.65. The van der Waals surface area contributed by atoms with Gasteiger partial charge in [-0.2, -0.15) is 0 Å². The van der Waals surface area contributed by atoms with E-state index in [-0.39, 0.29) is 24.2 Å². The summed E-state index contributed by atoms with van der Waals surface area (Å²) >= 11 is 0. The molecule has 0 radical (unpaired) electrons. The van der Waals surface area contributed by atoms with Gasteiger partial charge in [-0.1, -0.05) is 12.8 Å². The number of ether oxygens (including phenoxy) is 1. The Morgan fingerprint density at radius 1 is 1.21 bits per heavy atom. The van der Waals surface area contributed by atoms with E-state index in [0.717, 1.165) is 51.9 Å². The molecule has 1 aromatic rings. The van der Waals surface area contributed by atoms with Gasteiger partial charge in [0.25, 0.3) is 5.91 Å². The van der Waals surface area contributed by atoms with E-state index < -0.39 is 0 Å². The third-order valence-electron chi connectivity index (χ3n) is 5.56. The first-order chi connectivity index (χ1) is 13.2. The average Bonchev–Trinajstić information content (AvgIpc) is 3.06. The predicted octanol–water partition coefficient (Wildman–Crippen LogP) is 3.46. The molecule has 2 heterocycles.